The number of aryl methyl sites for hydroxylation is 1. The van der Waals surface area contributed by atoms with Crippen LogP contribution in [0.15, 0.2) is 22.7 Å². The third kappa shape index (κ3) is 2.09. The maximum atomic E-state index is 4.87. The second-order valence-electron chi connectivity index (χ2n) is 5.20. The van der Waals surface area contributed by atoms with Crippen molar-refractivity contribution < 1.29 is 0 Å². The third-order valence-electron chi connectivity index (χ3n) is 4.00. The Balaban J connectivity index is 2.12. The van der Waals surface area contributed by atoms with Gasteiger partial charge in [0.1, 0.15) is 0 Å². The van der Waals surface area contributed by atoms with Crippen LogP contribution in [0.3, 0.4) is 0 Å². The Labute approximate surface area is 117 Å². The van der Waals surface area contributed by atoms with Crippen LogP contribution in [0, 0.1) is 0 Å². The van der Waals surface area contributed by atoms with E-state index in [9.17, 15) is 0 Å². The van der Waals surface area contributed by atoms with Gasteiger partial charge in [-0.3, -0.25) is 4.68 Å². The predicted molar refractivity (Wildman–Crippen MR) is 78.9 cm³/mol. The minimum absolute atomic E-state index is 0.607. The molecule has 1 aromatic carbocycles. The molecule has 1 aliphatic rings. The van der Waals surface area contributed by atoms with Crippen LogP contribution in [-0.2, 0) is 6.42 Å². The smallest absolute Gasteiger partial charge is 0.0700 e. The van der Waals surface area contributed by atoms with Crippen molar-refractivity contribution in [3.05, 3.63) is 28.4 Å². The quantitative estimate of drug-likeness (QED) is 0.774. The summed E-state index contributed by atoms with van der Waals surface area (Å²) in [6.45, 7) is 2.19. The van der Waals surface area contributed by atoms with Crippen LogP contribution < -0.4 is 0 Å². The van der Waals surface area contributed by atoms with Crippen molar-refractivity contribution in [3.8, 4) is 0 Å². The van der Waals surface area contributed by atoms with Gasteiger partial charge in [-0.25, -0.2) is 0 Å². The molecule has 96 valence electrons. The van der Waals surface area contributed by atoms with Gasteiger partial charge in [0.2, 0.25) is 0 Å². The third-order valence-corrected chi connectivity index (χ3v) is 4.49. The second kappa shape index (κ2) is 5.04. The van der Waals surface area contributed by atoms with Crippen molar-refractivity contribution in [1.29, 1.82) is 0 Å². The molecule has 0 bridgehead atoms. The molecular formula is C15H19BrN2. The molecule has 0 unspecified atom stereocenters. The lowest BCUT2D eigenvalue weighted by molar-refractivity contribution is 0.336. The van der Waals surface area contributed by atoms with E-state index in [2.05, 4.69) is 45.7 Å². The maximum absolute atomic E-state index is 4.87. The molecule has 3 rings (SSSR count). The average molecular weight is 307 g/mol. The minimum Gasteiger partial charge on any atom is -0.261 e. The van der Waals surface area contributed by atoms with Gasteiger partial charge in [0.15, 0.2) is 0 Å². The zero-order valence-electron chi connectivity index (χ0n) is 10.8. The molecular weight excluding hydrogens is 288 g/mol. The first-order valence-corrected chi connectivity index (χ1v) is 7.75. The van der Waals surface area contributed by atoms with Crippen molar-refractivity contribution in [3.63, 3.8) is 0 Å². The van der Waals surface area contributed by atoms with Crippen LogP contribution in [0.1, 0.15) is 50.8 Å². The van der Waals surface area contributed by atoms with Crippen molar-refractivity contribution in [2.45, 2.75) is 51.5 Å². The van der Waals surface area contributed by atoms with E-state index in [-0.39, 0.29) is 0 Å². The molecule has 0 saturated heterocycles. The highest BCUT2D eigenvalue weighted by molar-refractivity contribution is 9.10. The van der Waals surface area contributed by atoms with Crippen molar-refractivity contribution in [2.75, 3.05) is 0 Å². The van der Waals surface area contributed by atoms with E-state index in [4.69, 9.17) is 5.10 Å². The number of aromatic nitrogens is 2. The molecule has 0 N–H and O–H groups in total. The van der Waals surface area contributed by atoms with Gasteiger partial charge < -0.3 is 0 Å². The van der Waals surface area contributed by atoms with Crippen LogP contribution in [-0.4, -0.2) is 9.78 Å². The summed E-state index contributed by atoms with van der Waals surface area (Å²) in [7, 11) is 0. The molecule has 0 spiro atoms. The largest absolute Gasteiger partial charge is 0.261 e. The van der Waals surface area contributed by atoms with Crippen LogP contribution in [0.2, 0.25) is 0 Å². The van der Waals surface area contributed by atoms with E-state index >= 15 is 0 Å². The summed E-state index contributed by atoms with van der Waals surface area (Å²) in [5.41, 5.74) is 2.54. The number of rotatable bonds is 2. The van der Waals surface area contributed by atoms with E-state index in [1.807, 2.05) is 0 Å². The summed E-state index contributed by atoms with van der Waals surface area (Å²) in [6.07, 6.45) is 7.67. The molecule has 2 aromatic rings. The van der Waals surface area contributed by atoms with Crippen molar-refractivity contribution in [1.82, 2.24) is 9.78 Å². The number of halogens is 1. The van der Waals surface area contributed by atoms with Crippen LogP contribution in [0.4, 0.5) is 0 Å². The van der Waals surface area contributed by atoms with Gasteiger partial charge in [0.25, 0.3) is 0 Å². The zero-order valence-corrected chi connectivity index (χ0v) is 12.4. The molecule has 18 heavy (non-hydrogen) atoms. The number of nitrogens with zero attached hydrogens (tertiary/aromatic N) is 2. The molecule has 3 heteroatoms. The fourth-order valence-corrected chi connectivity index (χ4v) is 3.39. The fraction of sp³-hybridized carbons (Fsp3) is 0.533. The Morgan fingerprint density at radius 1 is 1.28 bits per heavy atom. The van der Waals surface area contributed by atoms with Crippen molar-refractivity contribution in [2.24, 2.45) is 0 Å². The average Bonchev–Trinajstić information content (AvgIpc) is 2.77. The first kappa shape index (κ1) is 12.2. The lowest BCUT2D eigenvalue weighted by Crippen LogP contribution is -2.14. The summed E-state index contributed by atoms with van der Waals surface area (Å²) in [6, 6.07) is 7.14. The van der Waals surface area contributed by atoms with Crippen molar-refractivity contribution >= 4 is 26.8 Å². The Bertz CT molecular complexity index is 553. The van der Waals surface area contributed by atoms with Gasteiger partial charge in [-0.1, -0.05) is 42.1 Å². The molecule has 1 saturated carbocycles. The van der Waals surface area contributed by atoms with E-state index in [0.717, 1.165) is 10.9 Å². The Morgan fingerprint density at radius 3 is 2.78 bits per heavy atom. The summed E-state index contributed by atoms with van der Waals surface area (Å²) < 4.78 is 3.44. The van der Waals surface area contributed by atoms with E-state index in [1.54, 1.807) is 0 Å². The molecule has 2 nitrogen and oxygen atoms in total. The van der Waals surface area contributed by atoms with Gasteiger partial charge in [0.05, 0.1) is 17.3 Å². The fourth-order valence-electron chi connectivity index (χ4n) is 3.04. The van der Waals surface area contributed by atoms with E-state index in [1.165, 1.54) is 48.7 Å². The molecule has 1 aromatic heterocycles. The molecule has 1 heterocycles. The lowest BCUT2D eigenvalue weighted by Gasteiger charge is -2.22. The van der Waals surface area contributed by atoms with Gasteiger partial charge >= 0.3 is 0 Å². The first-order valence-electron chi connectivity index (χ1n) is 6.96. The number of hydrogen-bond donors (Lipinski definition) is 0. The highest BCUT2D eigenvalue weighted by atomic mass is 79.9. The van der Waals surface area contributed by atoms with E-state index < -0.39 is 0 Å². The number of fused-ring (bicyclic) bond motifs is 1. The Kier molecular flexibility index (Phi) is 3.42. The summed E-state index contributed by atoms with van der Waals surface area (Å²) in [5, 5.41) is 6.19. The maximum Gasteiger partial charge on any atom is 0.0700 e. The molecule has 0 amide bonds. The minimum atomic E-state index is 0.607. The standard InChI is InChI=1S/C15H19BrN2/c1-2-14-13-9-8-11(16)10-15(13)18(17-14)12-6-4-3-5-7-12/h8-10,12H,2-7H2,1H3. The zero-order chi connectivity index (χ0) is 12.5. The summed E-state index contributed by atoms with van der Waals surface area (Å²) in [5.74, 6) is 0. The predicted octanol–water partition coefficient (Wildman–Crippen LogP) is 4.87. The lowest BCUT2D eigenvalue weighted by atomic mass is 9.95. The highest BCUT2D eigenvalue weighted by Gasteiger charge is 2.19. The Morgan fingerprint density at radius 2 is 2.06 bits per heavy atom. The normalized spacial score (nSPS) is 17.4. The number of hydrogen-bond acceptors (Lipinski definition) is 1. The van der Waals surface area contributed by atoms with Gasteiger partial charge in [-0.15, -0.1) is 0 Å². The Hall–Kier alpha value is -0.830. The monoisotopic (exact) mass is 306 g/mol. The van der Waals surface area contributed by atoms with Crippen LogP contribution >= 0.6 is 15.9 Å². The van der Waals surface area contributed by atoms with Gasteiger partial charge in [-0.05, 0) is 37.5 Å². The molecule has 1 aliphatic carbocycles. The van der Waals surface area contributed by atoms with Crippen LogP contribution in [0.5, 0.6) is 0 Å². The van der Waals surface area contributed by atoms with Gasteiger partial charge in [-0.2, -0.15) is 5.10 Å². The molecule has 1 fully saturated rings. The van der Waals surface area contributed by atoms with Gasteiger partial charge in [0, 0.05) is 9.86 Å². The molecule has 0 aliphatic heterocycles. The summed E-state index contributed by atoms with van der Waals surface area (Å²) in [4.78, 5) is 0. The topological polar surface area (TPSA) is 17.8 Å². The first-order chi connectivity index (χ1) is 8.79. The molecule has 0 atom stereocenters. The van der Waals surface area contributed by atoms with Crippen LogP contribution in [0.25, 0.3) is 10.9 Å². The van der Waals surface area contributed by atoms with E-state index in [0.29, 0.717) is 6.04 Å². The summed E-state index contributed by atoms with van der Waals surface area (Å²) >= 11 is 3.58. The molecule has 0 radical (unpaired) electrons. The SMILES string of the molecule is CCc1nn(C2CCCCC2)c2cc(Br)ccc12. The second-order valence-corrected chi connectivity index (χ2v) is 6.11. The highest BCUT2D eigenvalue weighted by Crippen LogP contribution is 2.32. The number of benzene rings is 1.